The van der Waals surface area contributed by atoms with Crippen LogP contribution in [0.5, 0.6) is 0 Å². The molecule has 1 atom stereocenters. The highest BCUT2D eigenvalue weighted by molar-refractivity contribution is 7.16. The van der Waals surface area contributed by atoms with Gasteiger partial charge in [0.1, 0.15) is 16.5 Å². The van der Waals surface area contributed by atoms with E-state index in [2.05, 4.69) is 38.4 Å². The standard InChI is InChI=1S/C18H21N5OS/c1-2-14-19-16(13-7-9-25-18(13)20-14)23-8-3-4-12(10-23)15-21-17(24-22-15)11-5-6-11/h7,9,11-12H,2-6,8,10H2,1H3. The summed E-state index contributed by atoms with van der Waals surface area (Å²) in [4.78, 5) is 17.6. The number of aromatic nitrogens is 4. The Bertz CT molecular complexity index is 900. The summed E-state index contributed by atoms with van der Waals surface area (Å²) in [6, 6.07) is 2.14. The van der Waals surface area contributed by atoms with E-state index in [9.17, 15) is 0 Å². The first-order valence-corrected chi connectivity index (χ1v) is 10.0. The third-order valence-electron chi connectivity index (χ3n) is 5.14. The molecule has 3 aromatic heterocycles. The van der Waals surface area contributed by atoms with E-state index in [0.717, 1.165) is 65.9 Å². The molecule has 0 aromatic carbocycles. The number of hydrogen-bond acceptors (Lipinski definition) is 7. The summed E-state index contributed by atoms with van der Waals surface area (Å²) in [6.07, 6.45) is 5.46. The summed E-state index contributed by atoms with van der Waals surface area (Å²) in [5, 5.41) is 7.54. The van der Waals surface area contributed by atoms with E-state index >= 15 is 0 Å². The molecule has 1 saturated carbocycles. The first kappa shape index (κ1) is 15.3. The van der Waals surface area contributed by atoms with Crippen LogP contribution in [-0.4, -0.2) is 33.2 Å². The van der Waals surface area contributed by atoms with Crippen molar-refractivity contribution in [3.63, 3.8) is 0 Å². The molecule has 1 aliphatic heterocycles. The minimum atomic E-state index is 0.318. The molecule has 4 heterocycles. The Morgan fingerprint density at radius 3 is 2.96 bits per heavy atom. The molecule has 3 aromatic rings. The Balaban J connectivity index is 1.44. The normalized spacial score (nSPS) is 21.2. The number of fused-ring (bicyclic) bond motifs is 1. The zero-order chi connectivity index (χ0) is 16.8. The van der Waals surface area contributed by atoms with E-state index < -0.39 is 0 Å². The van der Waals surface area contributed by atoms with Crippen molar-refractivity contribution in [3.8, 4) is 0 Å². The topological polar surface area (TPSA) is 67.9 Å². The van der Waals surface area contributed by atoms with Crippen molar-refractivity contribution >= 4 is 27.4 Å². The molecule has 25 heavy (non-hydrogen) atoms. The van der Waals surface area contributed by atoms with Gasteiger partial charge in [0, 0.05) is 31.3 Å². The number of piperidine rings is 1. The third-order valence-corrected chi connectivity index (χ3v) is 5.94. The van der Waals surface area contributed by atoms with Crippen molar-refractivity contribution in [2.45, 2.75) is 50.9 Å². The minimum Gasteiger partial charge on any atom is -0.355 e. The Morgan fingerprint density at radius 2 is 2.12 bits per heavy atom. The van der Waals surface area contributed by atoms with Gasteiger partial charge in [-0.1, -0.05) is 12.1 Å². The molecule has 6 nitrogen and oxygen atoms in total. The Labute approximate surface area is 150 Å². The highest BCUT2D eigenvalue weighted by atomic mass is 32.1. The highest BCUT2D eigenvalue weighted by Crippen LogP contribution is 2.40. The van der Waals surface area contributed by atoms with E-state index in [1.165, 1.54) is 12.8 Å². The highest BCUT2D eigenvalue weighted by Gasteiger charge is 2.32. The molecular formula is C18H21N5OS. The number of nitrogens with zero attached hydrogens (tertiary/aromatic N) is 5. The number of anilines is 1. The van der Waals surface area contributed by atoms with Gasteiger partial charge >= 0.3 is 0 Å². The van der Waals surface area contributed by atoms with Gasteiger partial charge in [0.2, 0.25) is 5.89 Å². The molecule has 0 N–H and O–H groups in total. The van der Waals surface area contributed by atoms with Gasteiger partial charge in [0.05, 0.1) is 5.39 Å². The molecule has 2 aliphatic rings. The summed E-state index contributed by atoms with van der Waals surface area (Å²) in [5.74, 6) is 4.53. The van der Waals surface area contributed by atoms with Crippen LogP contribution in [0.2, 0.25) is 0 Å². The third kappa shape index (κ3) is 2.80. The van der Waals surface area contributed by atoms with Gasteiger partial charge in [-0.25, -0.2) is 9.97 Å². The Hall–Kier alpha value is -2.02. The maximum absolute atomic E-state index is 5.47. The lowest BCUT2D eigenvalue weighted by Gasteiger charge is -2.32. The Kier molecular flexibility index (Phi) is 3.69. The van der Waals surface area contributed by atoms with Crippen molar-refractivity contribution in [3.05, 3.63) is 29.0 Å². The quantitative estimate of drug-likeness (QED) is 0.707. The van der Waals surface area contributed by atoms with Crippen LogP contribution in [0.3, 0.4) is 0 Å². The van der Waals surface area contributed by atoms with Gasteiger partial charge in [-0.2, -0.15) is 4.98 Å². The van der Waals surface area contributed by atoms with Gasteiger partial charge in [0.25, 0.3) is 0 Å². The molecular weight excluding hydrogens is 334 g/mol. The van der Waals surface area contributed by atoms with Crippen LogP contribution >= 0.6 is 11.3 Å². The van der Waals surface area contributed by atoms with Crippen molar-refractivity contribution in [1.29, 1.82) is 0 Å². The molecule has 7 heteroatoms. The van der Waals surface area contributed by atoms with Crippen molar-refractivity contribution < 1.29 is 4.52 Å². The Morgan fingerprint density at radius 1 is 1.20 bits per heavy atom. The predicted molar refractivity (Wildman–Crippen MR) is 97.3 cm³/mol. The van der Waals surface area contributed by atoms with Crippen LogP contribution in [0, 0.1) is 0 Å². The lowest BCUT2D eigenvalue weighted by Crippen LogP contribution is -2.35. The van der Waals surface area contributed by atoms with Gasteiger partial charge in [0.15, 0.2) is 5.82 Å². The smallest absolute Gasteiger partial charge is 0.229 e. The van der Waals surface area contributed by atoms with Crippen LogP contribution < -0.4 is 4.90 Å². The second kappa shape index (κ2) is 6.05. The van der Waals surface area contributed by atoms with Gasteiger partial charge in [-0.05, 0) is 37.1 Å². The van der Waals surface area contributed by atoms with Crippen molar-refractivity contribution in [1.82, 2.24) is 20.1 Å². The lowest BCUT2D eigenvalue weighted by molar-refractivity contribution is 0.365. The number of hydrogen-bond donors (Lipinski definition) is 0. The fraction of sp³-hybridized carbons (Fsp3) is 0.556. The van der Waals surface area contributed by atoms with E-state index in [0.29, 0.717) is 11.8 Å². The molecule has 1 unspecified atom stereocenters. The fourth-order valence-electron chi connectivity index (χ4n) is 3.57. The molecule has 1 aliphatic carbocycles. The summed E-state index contributed by atoms with van der Waals surface area (Å²) in [5.41, 5.74) is 0. The second-order valence-corrected chi connectivity index (χ2v) is 7.90. The SMILES string of the molecule is CCc1nc(N2CCCC(c3noc(C4CC4)n3)C2)c2ccsc2n1. The van der Waals surface area contributed by atoms with E-state index in [-0.39, 0.29) is 0 Å². The van der Waals surface area contributed by atoms with Gasteiger partial charge in [-0.3, -0.25) is 0 Å². The maximum Gasteiger partial charge on any atom is 0.229 e. The average molecular weight is 355 g/mol. The monoisotopic (exact) mass is 355 g/mol. The molecule has 0 radical (unpaired) electrons. The van der Waals surface area contributed by atoms with Crippen molar-refractivity contribution in [2.24, 2.45) is 0 Å². The number of rotatable bonds is 4. The molecule has 2 fully saturated rings. The molecule has 0 amide bonds. The van der Waals surface area contributed by atoms with Crippen LogP contribution in [0.25, 0.3) is 10.2 Å². The predicted octanol–water partition coefficient (Wildman–Crippen LogP) is 3.90. The van der Waals surface area contributed by atoms with Crippen LogP contribution in [0.15, 0.2) is 16.0 Å². The first-order chi connectivity index (χ1) is 12.3. The molecule has 5 rings (SSSR count). The summed E-state index contributed by atoms with van der Waals surface area (Å²) in [7, 11) is 0. The molecule has 0 bridgehead atoms. The van der Waals surface area contributed by atoms with Crippen LogP contribution in [0.1, 0.15) is 62.0 Å². The van der Waals surface area contributed by atoms with Gasteiger partial charge < -0.3 is 9.42 Å². The van der Waals surface area contributed by atoms with E-state index in [4.69, 9.17) is 9.51 Å². The second-order valence-electron chi connectivity index (χ2n) is 7.01. The molecule has 0 spiro atoms. The maximum atomic E-state index is 5.47. The lowest BCUT2D eigenvalue weighted by atomic mass is 9.97. The molecule has 130 valence electrons. The van der Waals surface area contributed by atoms with Crippen molar-refractivity contribution in [2.75, 3.05) is 18.0 Å². The average Bonchev–Trinajstić information content (AvgIpc) is 3.20. The largest absolute Gasteiger partial charge is 0.355 e. The zero-order valence-electron chi connectivity index (χ0n) is 14.3. The number of thiophene rings is 1. The van der Waals surface area contributed by atoms with E-state index in [1.54, 1.807) is 11.3 Å². The van der Waals surface area contributed by atoms with Crippen LogP contribution in [-0.2, 0) is 6.42 Å². The number of aryl methyl sites for hydroxylation is 1. The van der Waals surface area contributed by atoms with Gasteiger partial charge in [-0.15, -0.1) is 11.3 Å². The minimum absolute atomic E-state index is 0.318. The van der Waals surface area contributed by atoms with Crippen LogP contribution in [0.4, 0.5) is 5.82 Å². The fourth-order valence-corrected chi connectivity index (χ4v) is 4.35. The summed E-state index contributed by atoms with van der Waals surface area (Å²) in [6.45, 7) is 4.03. The first-order valence-electron chi connectivity index (χ1n) is 9.14. The molecule has 1 saturated heterocycles. The van der Waals surface area contributed by atoms with E-state index in [1.807, 2.05) is 0 Å². The summed E-state index contributed by atoms with van der Waals surface area (Å²) < 4.78 is 5.47. The summed E-state index contributed by atoms with van der Waals surface area (Å²) >= 11 is 1.69. The zero-order valence-corrected chi connectivity index (χ0v) is 15.1.